The molecule has 0 aromatic carbocycles. The molecule has 1 aliphatic rings. The molecule has 0 amide bonds. The molecule has 1 fully saturated rings. The molecule has 1 aliphatic heterocycles. The number of anilines is 2. The van der Waals surface area contributed by atoms with Gasteiger partial charge in [0.15, 0.2) is 0 Å². The van der Waals surface area contributed by atoms with Crippen molar-refractivity contribution < 1.29 is 0 Å². The first-order chi connectivity index (χ1) is 9.54. The molecule has 2 heterocycles. The van der Waals surface area contributed by atoms with Crippen LogP contribution in [0.4, 0.5) is 11.6 Å². The highest BCUT2D eigenvalue weighted by Crippen LogP contribution is 2.32. The Labute approximate surface area is 123 Å². The molecule has 1 aromatic rings. The van der Waals surface area contributed by atoms with Crippen molar-refractivity contribution >= 4 is 11.6 Å². The molecule has 0 spiro atoms. The highest BCUT2D eigenvalue weighted by Gasteiger charge is 2.30. The molecule has 0 bridgehead atoms. The van der Waals surface area contributed by atoms with Crippen LogP contribution in [0.3, 0.4) is 0 Å². The topological polar surface area (TPSA) is 41.0 Å². The largest absolute Gasteiger partial charge is 0.370 e. The van der Waals surface area contributed by atoms with Crippen molar-refractivity contribution in [2.45, 2.75) is 53.4 Å². The van der Waals surface area contributed by atoms with E-state index in [1.165, 1.54) is 6.42 Å². The number of nitrogens with zero attached hydrogens (tertiary/aromatic N) is 3. The first-order valence-corrected chi connectivity index (χ1v) is 7.91. The van der Waals surface area contributed by atoms with Crippen LogP contribution in [0.5, 0.6) is 0 Å². The first-order valence-electron chi connectivity index (χ1n) is 7.91. The summed E-state index contributed by atoms with van der Waals surface area (Å²) in [7, 11) is 0. The number of hydrogen-bond acceptors (Lipinski definition) is 4. The van der Waals surface area contributed by atoms with E-state index < -0.39 is 0 Å². The van der Waals surface area contributed by atoms with Crippen molar-refractivity contribution in [1.29, 1.82) is 0 Å². The summed E-state index contributed by atoms with van der Waals surface area (Å²) >= 11 is 0. The first kappa shape index (κ1) is 15.1. The van der Waals surface area contributed by atoms with Gasteiger partial charge in [-0.25, -0.2) is 9.97 Å². The Balaban J connectivity index is 2.20. The van der Waals surface area contributed by atoms with Gasteiger partial charge in [-0.1, -0.05) is 27.7 Å². The molecule has 0 saturated carbocycles. The van der Waals surface area contributed by atoms with Gasteiger partial charge in [-0.05, 0) is 24.7 Å². The SMILES string of the molecule is CCCNc1cc(N2CCC(C)(C)C2)nc(CCC)n1. The van der Waals surface area contributed by atoms with Gasteiger partial charge in [-0.15, -0.1) is 0 Å². The Kier molecular flexibility index (Phi) is 4.84. The number of aryl methyl sites for hydroxylation is 1. The minimum absolute atomic E-state index is 0.396. The fourth-order valence-electron chi connectivity index (χ4n) is 2.63. The van der Waals surface area contributed by atoms with E-state index in [-0.39, 0.29) is 0 Å². The van der Waals surface area contributed by atoms with Crippen molar-refractivity contribution in [3.05, 3.63) is 11.9 Å². The van der Waals surface area contributed by atoms with E-state index in [4.69, 9.17) is 4.98 Å². The third kappa shape index (κ3) is 3.84. The maximum absolute atomic E-state index is 4.75. The van der Waals surface area contributed by atoms with Gasteiger partial charge in [0.25, 0.3) is 0 Å². The summed E-state index contributed by atoms with van der Waals surface area (Å²) in [4.78, 5) is 11.8. The van der Waals surface area contributed by atoms with Gasteiger partial charge in [0, 0.05) is 32.1 Å². The molecule has 0 atom stereocenters. The molecule has 112 valence electrons. The van der Waals surface area contributed by atoms with E-state index >= 15 is 0 Å². The van der Waals surface area contributed by atoms with E-state index in [0.29, 0.717) is 5.41 Å². The molecular weight excluding hydrogens is 248 g/mol. The van der Waals surface area contributed by atoms with Gasteiger partial charge < -0.3 is 10.2 Å². The predicted octanol–water partition coefficient (Wildman–Crippen LogP) is 3.49. The molecule has 1 saturated heterocycles. The smallest absolute Gasteiger partial charge is 0.134 e. The van der Waals surface area contributed by atoms with Gasteiger partial charge in [0.2, 0.25) is 0 Å². The standard InChI is InChI=1S/C16H28N4/c1-5-7-13-18-14(17-9-6-2)11-15(19-13)20-10-8-16(3,4)12-20/h11H,5-10,12H2,1-4H3,(H,17,18,19). The van der Waals surface area contributed by atoms with Crippen LogP contribution in [0.1, 0.15) is 52.8 Å². The molecule has 0 unspecified atom stereocenters. The zero-order valence-electron chi connectivity index (χ0n) is 13.4. The molecule has 0 radical (unpaired) electrons. The van der Waals surface area contributed by atoms with E-state index in [2.05, 4.69) is 49.0 Å². The fourth-order valence-corrected chi connectivity index (χ4v) is 2.63. The Morgan fingerprint density at radius 3 is 2.65 bits per heavy atom. The van der Waals surface area contributed by atoms with Crippen LogP contribution in [0.2, 0.25) is 0 Å². The molecule has 0 aliphatic carbocycles. The monoisotopic (exact) mass is 276 g/mol. The lowest BCUT2D eigenvalue weighted by Crippen LogP contribution is -2.24. The summed E-state index contributed by atoms with van der Waals surface area (Å²) in [6.07, 6.45) is 4.38. The normalized spacial score (nSPS) is 17.5. The van der Waals surface area contributed by atoms with Gasteiger partial charge >= 0.3 is 0 Å². The quantitative estimate of drug-likeness (QED) is 0.863. The second kappa shape index (κ2) is 6.42. The maximum Gasteiger partial charge on any atom is 0.134 e. The molecule has 1 aromatic heterocycles. The predicted molar refractivity (Wildman–Crippen MR) is 85.4 cm³/mol. The van der Waals surface area contributed by atoms with Crippen LogP contribution in [0.15, 0.2) is 6.07 Å². The van der Waals surface area contributed by atoms with Crippen LogP contribution in [0.25, 0.3) is 0 Å². The fraction of sp³-hybridized carbons (Fsp3) is 0.750. The van der Waals surface area contributed by atoms with Gasteiger partial charge in [0.1, 0.15) is 17.5 Å². The Bertz CT molecular complexity index is 442. The van der Waals surface area contributed by atoms with Gasteiger partial charge in [-0.2, -0.15) is 0 Å². The number of nitrogens with one attached hydrogen (secondary N) is 1. The van der Waals surface area contributed by atoms with Crippen LogP contribution in [-0.4, -0.2) is 29.6 Å². The maximum atomic E-state index is 4.75. The summed E-state index contributed by atoms with van der Waals surface area (Å²) in [5.41, 5.74) is 0.396. The molecule has 4 heteroatoms. The van der Waals surface area contributed by atoms with Crippen molar-refractivity contribution in [3.8, 4) is 0 Å². The summed E-state index contributed by atoms with van der Waals surface area (Å²) in [6.45, 7) is 12.2. The lowest BCUT2D eigenvalue weighted by atomic mass is 9.93. The van der Waals surface area contributed by atoms with E-state index in [1.54, 1.807) is 0 Å². The van der Waals surface area contributed by atoms with Crippen LogP contribution < -0.4 is 10.2 Å². The van der Waals surface area contributed by atoms with Crippen molar-refractivity contribution in [1.82, 2.24) is 9.97 Å². The average molecular weight is 276 g/mol. The highest BCUT2D eigenvalue weighted by molar-refractivity contribution is 5.50. The zero-order chi connectivity index (χ0) is 14.6. The molecule has 20 heavy (non-hydrogen) atoms. The highest BCUT2D eigenvalue weighted by atomic mass is 15.2. The average Bonchev–Trinajstić information content (AvgIpc) is 2.77. The Hall–Kier alpha value is -1.32. The summed E-state index contributed by atoms with van der Waals surface area (Å²) in [6, 6.07) is 2.11. The second-order valence-corrected chi connectivity index (χ2v) is 6.54. The minimum Gasteiger partial charge on any atom is -0.370 e. The van der Waals surface area contributed by atoms with Crippen molar-refractivity contribution in [3.63, 3.8) is 0 Å². The lowest BCUT2D eigenvalue weighted by molar-refractivity contribution is 0.418. The third-order valence-electron chi connectivity index (χ3n) is 3.79. The van der Waals surface area contributed by atoms with Crippen LogP contribution in [0, 0.1) is 5.41 Å². The molecule has 1 N–H and O–H groups in total. The Morgan fingerprint density at radius 2 is 2.05 bits per heavy atom. The van der Waals surface area contributed by atoms with Gasteiger partial charge in [0.05, 0.1) is 0 Å². The lowest BCUT2D eigenvalue weighted by Gasteiger charge is -2.21. The minimum atomic E-state index is 0.396. The van der Waals surface area contributed by atoms with Crippen LogP contribution in [-0.2, 0) is 6.42 Å². The number of hydrogen-bond donors (Lipinski definition) is 1. The summed E-state index contributed by atoms with van der Waals surface area (Å²) in [5, 5.41) is 3.40. The van der Waals surface area contributed by atoms with Crippen molar-refractivity contribution in [2.75, 3.05) is 29.9 Å². The second-order valence-electron chi connectivity index (χ2n) is 6.54. The van der Waals surface area contributed by atoms with E-state index in [9.17, 15) is 0 Å². The number of aromatic nitrogens is 2. The van der Waals surface area contributed by atoms with Crippen molar-refractivity contribution in [2.24, 2.45) is 5.41 Å². The summed E-state index contributed by atoms with van der Waals surface area (Å²) < 4.78 is 0. The van der Waals surface area contributed by atoms with E-state index in [1.807, 2.05) is 0 Å². The molecule has 4 nitrogen and oxygen atoms in total. The number of rotatable bonds is 6. The molecule has 2 rings (SSSR count). The van der Waals surface area contributed by atoms with Crippen LogP contribution >= 0.6 is 0 Å². The Morgan fingerprint density at radius 1 is 1.25 bits per heavy atom. The summed E-state index contributed by atoms with van der Waals surface area (Å²) in [5.74, 6) is 3.03. The third-order valence-corrected chi connectivity index (χ3v) is 3.79. The van der Waals surface area contributed by atoms with Gasteiger partial charge in [-0.3, -0.25) is 0 Å². The molecular formula is C16H28N4. The van der Waals surface area contributed by atoms with E-state index in [0.717, 1.165) is 56.4 Å². The zero-order valence-corrected chi connectivity index (χ0v) is 13.4.